The van der Waals surface area contributed by atoms with E-state index in [0.29, 0.717) is 34.9 Å². The lowest BCUT2D eigenvalue weighted by Gasteiger charge is -2.10. The van der Waals surface area contributed by atoms with E-state index < -0.39 is 0 Å². The maximum atomic E-state index is 6.47. The quantitative estimate of drug-likeness (QED) is 0.168. The molecule has 0 atom stereocenters. The van der Waals surface area contributed by atoms with Crippen LogP contribution in [0, 0.1) is 0 Å². The first-order chi connectivity index (χ1) is 27.7. The van der Waals surface area contributed by atoms with E-state index in [1.807, 2.05) is 121 Å². The molecule has 4 heterocycles. The van der Waals surface area contributed by atoms with Gasteiger partial charge in [-0.15, -0.1) is 11.3 Å². The SMILES string of the molecule is c1ccc(-c2nc(-c3ccc4sc5ccccc5c4c3)nc(-c3ccc4oc5cccc(-c6nc(-c7ccccc7)nc(-c7ccccc7)n6)c5c4c3)n2)cc1. The van der Waals surface area contributed by atoms with E-state index in [-0.39, 0.29) is 0 Å². The van der Waals surface area contributed by atoms with Crippen LogP contribution in [-0.2, 0) is 0 Å². The minimum atomic E-state index is 0.557. The smallest absolute Gasteiger partial charge is 0.164 e. The molecule has 11 aromatic rings. The van der Waals surface area contributed by atoms with Crippen LogP contribution in [0.5, 0.6) is 0 Å². The Hall–Kier alpha value is -7.42. The molecular formula is C48H28N6OS. The minimum Gasteiger partial charge on any atom is -0.456 e. The van der Waals surface area contributed by atoms with Crippen molar-refractivity contribution >= 4 is 53.4 Å². The van der Waals surface area contributed by atoms with E-state index in [1.54, 1.807) is 11.3 Å². The summed E-state index contributed by atoms with van der Waals surface area (Å²) in [4.78, 5) is 30.2. The zero-order valence-electron chi connectivity index (χ0n) is 29.7. The molecular weight excluding hydrogens is 709 g/mol. The van der Waals surface area contributed by atoms with Gasteiger partial charge in [-0.25, -0.2) is 29.9 Å². The molecule has 7 aromatic carbocycles. The Bertz CT molecular complexity index is 3200. The molecule has 0 N–H and O–H groups in total. The second kappa shape index (κ2) is 13.2. The number of nitrogens with zero attached hydrogens (tertiary/aromatic N) is 6. The molecule has 0 saturated heterocycles. The molecule has 0 bridgehead atoms. The van der Waals surface area contributed by atoms with Gasteiger partial charge in [0.05, 0.1) is 0 Å². The van der Waals surface area contributed by atoms with E-state index in [4.69, 9.17) is 34.3 Å². The van der Waals surface area contributed by atoms with E-state index in [9.17, 15) is 0 Å². The topological polar surface area (TPSA) is 90.5 Å². The Kier molecular flexibility index (Phi) is 7.53. The van der Waals surface area contributed by atoms with Crippen LogP contribution in [0.25, 0.3) is 110 Å². The molecule has 11 rings (SSSR count). The fraction of sp³-hybridized carbons (Fsp3) is 0. The summed E-state index contributed by atoms with van der Waals surface area (Å²) in [5, 5.41) is 4.23. The number of aromatic nitrogens is 6. The van der Waals surface area contributed by atoms with E-state index in [0.717, 1.165) is 55.3 Å². The summed E-state index contributed by atoms with van der Waals surface area (Å²) in [6.45, 7) is 0. The van der Waals surface area contributed by atoms with Crippen molar-refractivity contribution in [2.75, 3.05) is 0 Å². The first kappa shape index (κ1) is 32.0. The van der Waals surface area contributed by atoms with Crippen LogP contribution in [0.15, 0.2) is 174 Å². The van der Waals surface area contributed by atoms with E-state index in [2.05, 4.69) is 48.5 Å². The molecule has 0 fully saturated rings. The number of rotatable bonds is 6. The lowest BCUT2D eigenvalue weighted by molar-refractivity contribution is 0.669. The van der Waals surface area contributed by atoms with Gasteiger partial charge >= 0.3 is 0 Å². The van der Waals surface area contributed by atoms with Crippen molar-refractivity contribution < 1.29 is 4.42 Å². The molecule has 0 aliphatic rings. The zero-order valence-corrected chi connectivity index (χ0v) is 30.5. The monoisotopic (exact) mass is 736 g/mol. The summed E-state index contributed by atoms with van der Waals surface area (Å²) in [6.07, 6.45) is 0. The molecule has 0 aliphatic heterocycles. The molecule has 0 amide bonds. The van der Waals surface area contributed by atoms with Gasteiger partial charge in [-0.3, -0.25) is 0 Å². The van der Waals surface area contributed by atoms with Crippen molar-refractivity contribution in [2.24, 2.45) is 0 Å². The summed E-state index contributed by atoms with van der Waals surface area (Å²) >= 11 is 1.79. The highest BCUT2D eigenvalue weighted by Gasteiger charge is 2.20. The molecule has 7 nitrogen and oxygen atoms in total. The first-order valence-electron chi connectivity index (χ1n) is 18.3. The number of hydrogen-bond acceptors (Lipinski definition) is 8. The lowest BCUT2D eigenvalue weighted by atomic mass is 10.0. The Morgan fingerprint density at radius 2 is 0.804 bits per heavy atom. The average molecular weight is 737 g/mol. The predicted octanol–water partition coefficient (Wildman–Crippen LogP) is 12.3. The summed E-state index contributed by atoms with van der Waals surface area (Å²) in [7, 11) is 0. The van der Waals surface area contributed by atoms with Crippen LogP contribution in [0.1, 0.15) is 0 Å². The largest absolute Gasteiger partial charge is 0.456 e. The number of hydrogen-bond donors (Lipinski definition) is 0. The lowest BCUT2D eigenvalue weighted by Crippen LogP contribution is -2.00. The molecule has 0 unspecified atom stereocenters. The van der Waals surface area contributed by atoms with Crippen LogP contribution in [0.3, 0.4) is 0 Å². The third-order valence-corrected chi connectivity index (χ3v) is 11.1. The average Bonchev–Trinajstić information content (AvgIpc) is 3.85. The summed E-state index contributed by atoms with van der Waals surface area (Å²) in [5.74, 6) is 3.53. The van der Waals surface area contributed by atoms with Crippen LogP contribution in [0.2, 0.25) is 0 Å². The summed E-state index contributed by atoms with van der Waals surface area (Å²) in [5.41, 5.74) is 6.81. The van der Waals surface area contributed by atoms with Gasteiger partial charge in [-0.1, -0.05) is 121 Å². The van der Waals surface area contributed by atoms with E-state index in [1.165, 1.54) is 20.2 Å². The minimum absolute atomic E-state index is 0.557. The maximum Gasteiger partial charge on any atom is 0.164 e. The van der Waals surface area contributed by atoms with Gasteiger partial charge in [0.2, 0.25) is 0 Å². The van der Waals surface area contributed by atoms with Crippen LogP contribution >= 0.6 is 11.3 Å². The van der Waals surface area contributed by atoms with Crippen molar-refractivity contribution in [2.45, 2.75) is 0 Å². The highest BCUT2D eigenvalue weighted by Crippen LogP contribution is 2.39. The van der Waals surface area contributed by atoms with Gasteiger partial charge in [-0.2, -0.15) is 0 Å². The second-order valence-electron chi connectivity index (χ2n) is 13.5. The highest BCUT2D eigenvalue weighted by molar-refractivity contribution is 7.25. The highest BCUT2D eigenvalue weighted by atomic mass is 32.1. The molecule has 0 aliphatic carbocycles. The van der Waals surface area contributed by atoms with Crippen LogP contribution in [0.4, 0.5) is 0 Å². The Morgan fingerprint density at radius 3 is 1.41 bits per heavy atom. The number of benzene rings is 7. The van der Waals surface area contributed by atoms with Crippen molar-refractivity contribution in [1.82, 2.24) is 29.9 Å². The third kappa shape index (κ3) is 5.59. The van der Waals surface area contributed by atoms with Crippen molar-refractivity contribution in [3.8, 4) is 68.3 Å². The van der Waals surface area contributed by atoms with Gasteiger partial charge in [0.15, 0.2) is 34.9 Å². The van der Waals surface area contributed by atoms with Gasteiger partial charge in [0, 0.05) is 64.3 Å². The molecule has 262 valence electrons. The molecule has 8 heteroatoms. The predicted molar refractivity (Wildman–Crippen MR) is 226 cm³/mol. The van der Waals surface area contributed by atoms with Gasteiger partial charge < -0.3 is 4.42 Å². The van der Waals surface area contributed by atoms with Crippen molar-refractivity contribution in [3.05, 3.63) is 170 Å². The molecule has 0 spiro atoms. The third-order valence-electron chi connectivity index (χ3n) is 10.00. The zero-order chi connectivity index (χ0) is 37.0. The normalized spacial score (nSPS) is 11.6. The molecule has 4 aromatic heterocycles. The van der Waals surface area contributed by atoms with Crippen molar-refractivity contribution in [1.29, 1.82) is 0 Å². The Balaban J connectivity index is 1.10. The van der Waals surface area contributed by atoms with Gasteiger partial charge in [0.25, 0.3) is 0 Å². The Morgan fingerprint density at radius 1 is 0.321 bits per heavy atom. The number of furan rings is 1. The fourth-order valence-electron chi connectivity index (χ4n) is 7.30. The number of thiophene rings is 1. The van der Waals surface area contributed by atoms with E-state index >= 15 is 0 Å². The fourth-order valence-corrected chi connectivity index (χ4v) is 8.38. The van der Waals surface area contributed by atoms with Crippen molar-refractivity contribution in [3.63, 3.8) is 0 Å². The summed E-state index contributed by atoms with van der Waals surface area (Å²) in [6, 6.07) is 57.1. The summed E-state index contributed by atoms with van der Waals surface area (Å²) < 4.78 is 8.95. The molecule has 0 saturated carbocycles. The second-order valence-corrected chi connectivity index (χ2v) is 14.6. The van der Waals surface area contributed by atoms with Gasteiger partial charge in [0.1, 0.15) is 11.2 Å². The molecule has 56 heavy (non-hydrogen) atoms. The van der Waals surface area contributed by atoms with Crippen LogP contribution in [-0.4, -0.2) is 29.9 Å². The number of fused-ring (bicyclic) bond motifs is 6. The maximum absolute atomic E-state index is 6.47. The first-order valence-corrected chi connectivity index (χ1v) is 19.1. The standard InChI is InChI=1S/C48H28N6OS/c1-4-13-29(14-5-1)43-50-46(52-47(51-43)33-24-26-41-36(27-33)34-19-10-11-22-40(34)56-41)32-23-25-38-37(28-32)42-35(20-12-21-39(42)55-38)48-53-44(30-15-6-2-7-16-30)49-45(54-48)31-17-8-3-9-18-31/h1-28H. The van der Waals surface area contributed by atoms with Crippen LogP contribution < -0.4 is 0 Å². The van der Waals surface area contributed by atoms with Gasteiger partial charge in [-0.05, 0) is 48.5 Å². The molecule has 0 radical (unpaired) electrons. The Labute approximate surface area is 324 Å².